The number of amides is 2. The third-order valence-corrected chi connectivity index (χ3v) is 5.52. The van der Waals surface area contributed by atoms with Gasteiger partial charge in [-0.2, -0.15) is 0 Å². The molecular weight excluding hydrogens is 366 g/mol. The molecule has 0 N–H and O–H groups in total. The third-order valence-electron chi connectivity index (χ3n) is 4.62. The highest BCUT2D eigenvalue weighted by Gasteiger charge is 2.34. The smallest absolute Gasteiger partial charge is 0.268 e. The van der Waals surface area contributed by atoms with E-state index in [4.69, 9.17) is 0 Å². The SMILES string of the molecule is Cc1cccc(-c2ccc(/C=C3\SC(=O)N(Cc4ccccc4)C3=O)cc2)c1. The van der Waals surface area contributed by atoms with Crippen LogP contribution in [0.3, 0.4) is 0 Å². The van der Waals surface area contributed by atoms with Gasteiger partial charge in [-0.05, 0) is 47.0 Å². The van der Waals surface area contributed by atoms with E-state index in [0.717, 1.165) is 34.0 Å². The van der Waals surface area contributed by atoms with E-state index in [1.165, 1.54) is 10.5 Å². The second kappa shape index (κ2) is 7.87. The lowest BCUT2D eigenvalue weighted by atomic mass is 10.0. The summed E-state index contributed by atoms with van der Waals surface area (Å²) in [7, 11) is 0. The molecule has 0 aromatic heterocycles. The van der Waals surface area contributed by atoms with E-state index in [1.54, 1.807) is 6.08 Å². The Morgan fingerprint density at radius 2 is 1.61 bits per heavy atom. The van der Waals surface area contributed by atoms with Crippen LogP contribution in [-0.2, 0) is 11.3 Å². The average Bonchev–Trinajstić information content (AvgIpc) is 2.97. The zero-order chi connectivity index (χ0) is 19.5. The monoisotopic (exact) mass is 385 g/mol. The molecule has 0 saturated carbocycles. The second-order valence-corrected chi connectivity index (χ2v) is 7.74. The van der Waals surface area contributed by atoms with Gasteiger partial charge in [0.1, 0.15) is 0 Å². The number of carbonyl (C=O) groups is 2. The Morgan fingerprint density at radius 3 is 2.32 bits per heavy atom. The molecule has 0 unspecified atom stereocenters. The first kappa shape index (κ1) is 18.3. The van der Waals surface area contributed by atoms with E-state index in [9.17, 15) is 9.59 Å². The van der Waals surface area contributed by atoms with E-state index in [2.05, 4.69) is 25.1 Å². The highest BCUT2D eigenvalue weighted by Crippen LogP contribution is 2.33. The summed E-state index contributed by atoms with van der Waals surface area (Å²) >= 11 is 0.997. The van der Waals surface area contributed by atoms with E-state index >= 15 is 0 Å². The summed E-state index contributed by atoms with van der Waals surface area (Å²) in [4.78, 5) is 26.7. The highest BCUT2D eigenvalue weighted by atomic mass is 32.2. The van der Waals surface area contributed by atoms with Gasteiger partial charge in [-0.1, -0.05) is 84.4 Å². The maximum absolute atomic E-state index is 12.7. The minimum atomic E-state index is -0.235. The standard InChI is InChI=1S/C24H19NO2S/c1-17-6-5-9-21(14-17)20-12-10-18(11-13-20)15-22-23(26)25(24(27)28-22)16-19-7-3-2-4-8-19/h2-15H,16H2,1H3/b22-15-. The van der Waals surface area contributed by atoms with Crippen molar-refractivity contribution in [2.45, 2.75) is 13.5 Å². The molecule has 0 aliphatic carbocycles. The lowest BCUT2D eigenvalue weighted by molar-refractivity contribution is -0.123. The Bertz CT molecular complexity index is 1060. The largest absolute Gasteiger partial charge is 0.293 e. The van der Waals surface area contributed by atoms with Crippen molar-refractivity contribution in [2.75, 3.05) is 0 Å². The summed E-state index contributed by atoms with van der Waals surface area (Å²) < 4.78 is 0. The maximum atomic E-state index is 12.7. The summed E-state index contributed by atoms with van der Waals surface area (Å²) in [5, 5.41) is -0.225. The van der Waals surface area contributed by atoms with Crippen molar-refractivity contribution in [3.8, 4) is 11.1 Å². The summed E-state index contributed by atoms with van der Waals surface area (Å²) in [5.74, 6) is -0.235. The molecule has 0 spiro atoms. The number of carbonyl (C=O) groups excluding carboxylic acids is 2. The number of imide groups is 1. The highest BCUT2D eigenvalue weighted by molar-refractivity contribution is 8.18. The minimum absolute atomic E-state index is 0.225. The van der Waals surface area contributed by atoms with E-state index in [0.29, 0.717) is 11.4 Å². The summed E-state index contributed by atoms with van der Waals surface area (Å²) in [6, 6.07) is 25.9. The summed E-state index contributed by atoms with van der Waals surface area (Å²) in [6.45, 7) is 2.37. The molecule has 4 heteroatoms. The first-order chi connectivity index (χ1) is 13.6. The Labute approximate surface area is 168 Å². The number of thioether (sulfide) groups is 1. The Morgan fingerprint density at radius 1 is 0.857 bits per heavy atom. The van der Waals surface area contributed by atoms with Crippen molar-refractivity contribution in [1.82, 2.24) is 4.90 Å². The minimum Gasteiger partial charge on any atom is -0.268 e. The van der Waals surface area contributed by atoms with Gasteiger partial charge in [0.25, 0.3) is 11.1 Å². The topological polar surface area (TPSA) is 37.4 Å². The Kier molecular flexibility index (Phi) is 5.13. The molecule has 3 nitrogen and oxygen atoms in total. The molecule has 0 radical (unpaired) electrons. The normalized spacial score (nSPS) is 15.5. The molecule has 3 aromatic rings. The zero-order valence-corrected chi connectivity index (χ0v) is 16.3. The molecule has 0 atom stereocenters. The predicted molar refractivity (Wildman–Crippen MR) is 115 cm³/mol. The summed E-state index contributed by atoms with van der Waals surface area (Å²) in [5.41, 5.74) is 5.34. The van der Waals surface area contributed by atoms with Crippen LogP contribution in [0.5, 0.6) is 0 Å². The van der Waals surface area contributed by atoms with Gasteiger partial charge < -0.3 is 0 Å². The zero-order valence-electron chi connectivity index (χ0n) is 15.5. The van der Waals surface area contributed by atoms with E-state index < -0.39 is 0 Å². The van der Waals surface area contributed by atoms with Gasteiger partial charge in [0, 0.05) is 0 Å². The first-order valence-corrected chi connectivity index (χ1v) is 9.88. The maximum Gasteiger partial charge on any atom is 0.293 e. The van der Waals surface area contributed by atoms with Crippen LogP contribution in [0.4, 0.5) is 4.79 Å². The third kappa shape index (κ3) is 3.92. The molecule has 28 heavy (non-hydrogen) atoms. The number of benzene rings is 3. The van der Waals surface area contributed by atoms with Gasteiger partial charge in [0.05, 0.1) is 11.4 Å². The van der Waals surface area contributed by atoms with Gasteiger partial charge in [-0.3, -0.25) is 14.5 Å². The molecule has 1 saturated heterocycles. The van der Waals surface area contributed by atoms with Gasteiger partial charge in [-0.15, -0.1) is 0 Å². The number of rotatable bonds is 4. The van der Waals surface area contributed by atoms with Crippen molar-refractivity contribution in [1.29, 1.82) is 0 Å². The molecular formula is C24H19NO2S. The molecule has 138 valence electrons. The Hall–Kier alpha value is -3.11. The van der Waals surface area contributed by atoms with Crippen molar-refractivity contribution in [2.24, 2.45) is 0 Å². The van der Waals surface area contributed by atoms with E-state index in [-0.39, 0.29) is 11.1 Å². The lowest BCUT2D eigenvalue weighted by Gasteiger charge is -2.12. The fraction of sp³-hybridized carbons (Fsp3) is 0.0833. The van der Waals surface area contributed by atoms with Crippen molar-refractivity contribution < 1.29 is 9.59 Å². The molecule has 1 aliphatic rings. The van der Waals surface area contributed by atoms with Crippen molar-refractivity contribution in [3.05, 3.63) is 100 Å². The molecule has 2 amide bonds. The van der Waals surface area contributed by atoms with Crippen LogP contribution in [0.15, 0.2) is 83.8 Å². The number of nitrogens with zero attached hydrogens (tertiary/aromatic N) is 1. The van der Waals surface area contributed by atoms with Gasteiger partial charge in [-0.25, -0.2) is 0 Å². The average molecular weight is 385 g/mol. The molecule has 1 fully saturated rings. The van der Waals surface area contributed by atoms with Crippen LogP contribution in [0, 0.1) is 6.92 Å². The van der Waals surface area contributed by atoms with Gasteiger partial charge >= 0.3 is 0 Å². The Balaban J connectivity index is 1.52. The van der Waals surface area contributed by atoms with Gasteiger partial charge in [0.15, 0.2) is 0 Å². The van der Waals surface area contributed by atoms with Crippen molar-refractivity contribution in [3.63, 3.8) is 0 Å². The van der Waals surface area contributed by atoms with Crippen LogP contribution in [0.2, 0.25) is 0 Å². The molecule has 1 heterocycles. The van der Waals surface area contributed by atoms with Crippen LogP contribution in [-0.4, -0.2) is 16.0 Å². The van der Waals surface area contributed by atoms with Crippen molar-refractivity contribution >= 4 is 29.0 Å². The fourth-order valence-corrected chi connectivity index (χ4v) is 3.99. The van der Waals surface area contributed by atoms with E-state index in [1.807, 2.05) is 60.7 Å². The lowest BCUT2D eigenvalue weighted by Crippen LogP contribution is -2.27. The second-order valence-electron chi connectivity index (χ2n) is 6.74. The molecule has 1 aliphatic heterocycles. The molecule has 3 aromatic carbocycles. The van der Waals surface area contributed by atoms with Gasteiger partial charge in [0.2, 0.25) is 0 Å². The number of aryl methyl sites for hydroxylation is 1. The van der Waals surface area contributed by atoms with Crippen LogP contribution in [0.1, 0.15) is 16.7 Å². The quantitative estimate of drug-likeness (QED) is 0.525. The van der Waals surface area contributed by atoms with Crippen LogP contribution in [0.25, 0.3) is 17.2 Å². The number of hydrogen-bond acceptors (Lipinski definition) is 3. The number of hydrogen-bond donors (Lipinski definition) is 0. The first-order valence-electron chi connectivity index (χ1n) is 9.06. The molecule has 0 bridgehead atoms. The summed E-state index contributed by atoms with van der Waals surface area (Å²) in [6.07, 6.45) is 1.79. The van der Waals surface area contributed by atoms with Crippen LogP contribution < -0.4 is 0 Å². The fourth-order valence-electron chi connectivity index (χ4n) is 3.15. The molecule has 4 rings (SSSR count). The van der Waals surface area contributed by atoms with Crippen LogP contribution >= 0.6 is 11.8 Å². The predicted octanol–water partition coefficient (Wildman–Crippen LogP) is 5.90.